The summed E-state index contributed by atoms with van der Waals surface area (Å²) in [7, 11) is 0. The number of benzene rings is 1. The number of ether oxygens (including phenoxy) is 1. The first-order valence-corrected chi connectivity index (χ1v) is 4.90. The van der Waals surface area contributed by atoms with Gasteiger partial charge in [-0.15, -0.1) is 0 Å². The summed E-state index contributed by atoms with van der Waals surface area (Å²) < 4.78 is 18.9. The van der Waals surface area contributed by atoms with Gasteiger partial charge in [0.15, 0.2) is 0 Å². The van der Waals surface area contributed by atoms with Crippen LogP contribution < -0.4 is 10.5 Å². The van der Waals surface area contributed by atoms with Gasteiger partial charge in [0.1, 0.15) is 11.6 Å². The van der Waals surface area contributed by atoms with E-state index in [9.17, 15) is 4.39 Å². The summed E-state index contributed by atoms with van der Waals surface area (Å²) in [5.41, 5.74) is 7.31. The zero-order valence-corrected chi connectivity index (χ0v) is 8.22. The lowest BCUT2D eigenvalue weighted by molar-refractivity contribution is 0.281. The van der Waals surface area contributed by atoms with Gasteiger partial charge >= 0.3 is 0 Å². The van der Waals surface area contributed by atoms with Crippen LogP contribution in [-0.4, -0.2) is 6.61 Å². The maximum absolute atomic E-state index is 13.5. The normalized spacial score (nSPS) is 17.1. The highest BCUT2D eigenvalue weighted by Crippen LogP contribution is 2.33. The molecule has 0 spiro atoms. The highest BCUT2D eigenvalue weighted by Gasteiger charge is 2.20. The molecule has 0 saturated carbocycles. The fourth-order valence-corrected chi connectivity index (χ4v) is 1.85. The minimum atomic E-state index is -0.317. The van der Waals surface area contributed by atoms with Crippen LogP contribution in [0.5, 0.6) is 5.75 Å². The van der Waals surface area contributed by atoms with Gasteiger partial charge in [-0.25, -0.2) is 4.39 Å². The van der Waals surface area contributed by atoms with Crippen molar-refractivity contribution in [3.05, 3.63) is 29.1 Å². The molecule has 1 atom stereocenters. The Morgan fingerprint density at radius 3 is 3.00 bits per heavy atom. The van der Waals surface area contributed by atoms with Gasteiger partial charge < -0.3 is 10.5 Å². The zero-order valence-electron chi connectivity index (χ0n) is 8.22. The van der Waals surface area contributed by atoms with E-state index in [0.29, 0.717) is 17.9 Å². The van der Waals surface area contributed by atoms with Crippen LogP contribution >= 0.6 is 0 Å². The van der Waals surface area contributed by atoms with Crippen LogP contribution in [0.3, 0.4) is 0 Å². The maximum Gasteiger partial charge on any atom is 0.131 e. The van der Waals surface area contributed by atoms with Crippen molar-refractivity contribution in [2.75, 3.05) is 6.61 Å². The van der Waals surface area contributed by atoms with Crippen molar-refractivity contribution < 1.29 is 9.13 Å². The molecule has 1 aliphatic heterocycles. The van der Waals surface area contributed by atoms with Gasteiger partial charge in [-0.3, -0.25) is 0 Å². The maximum atomic E-state index is 13.5. The van der Waals surface area contributed by atoms with Crippen molar-refractivity contribution in [3.8, 4) is 5.75 Å². The van der Waals surface area contributed by atoms with Gasteiger partial charge in [-0.05, 0) is 31.4 Å². The predicted octanol–water partition coefficient (Wildman–Crippen LogP) is 2.17. The number of aryl methyl sites for hydroxylation is 1. The summed E-state index contributed by atoms with van der Waals surface area (Å²) in [6.07, 6.45) is 1.95. The Labute approximate surface area is 82.9 Å². The Balaban J connectivity index is 2.55. The molecule has 0 fully saturated rings. The Morgan fingerprint density at radius 2 is 2.29 bits per heavy atom. The van der Waals surface area contributed by atoms with Crippen molar-refractivity contribution in [2.24, 2.45) is 5.73 Å². The summed E-state index contributed by atoms with van der Waals surface area (Å²) in [5, 5.41) is 0. The van der Waals surface area contributed by atoms with Crippen LogP contribution in [0.15, 0.2) is 12.1 Å². The molecule has 1 aromatic rings. The number of hydrogen-bond acceptors (Lipinski definition) is 2. The molecule has 1 aliphatic rings. The van der Waals surface area contributed by atoms with Crippen LogP contribution in [0.25, 0.3) is 0 Å². The number of nitrogens with two attached hydrogens (primary N) is 1. The highest BCUT2D eigenvalue weighted by atomic mass is 19.1. The second-order valence-corrected chi connectivity index (χ2v) is 3.69. The first kappa shape index (κ1) is 9.46. The van der Waals surface area contributed by atoms with E-state index in [1.165, 1.54) is 6.07 Å². The standard InChI is InChI=1S/C11H14FNO/c1-7(13)10-9(12)5-4-8-3-2-6-14-11(8)10/h4-5,7H,2-3,6,13H2,1H3/t7-/m0/s1. The first-order valence-electron chi connectivity index (χ1n) is 4.90. The van der Waals surface area contributed by atoms with Crippen molar-refractivity contribution >= 4 is 0 Å². The van der Waals surface area contributed by atoms with E-state index in [1.54, 1.807) is 13.0 Å². The summed E-state index contributed by atoms with van der Waals surface area (Å²) in [6.45, 7) is 2.44. The summed E-state index contributed by atoms with van der Waals surface area (Å²) >= 11 is 0. The molecule has 3 heteroatoms. The van der Waals surface area contributed by atoms with E-state index in [0.717, 1.165) is 18.4 Å². The highest BCUT2D eigenvalue weighted by molar-refractivity contribution is 5.45. The Morgan fingerprint density at radius 1 is 1.50 bits per heavy atom. The summed E-state index contributed by atoms with van der Waals surface area (Å²) in [4.78, 5) is 0. The molecular weight excluding hydrogens is 181 g/mol. The molecule has 14 heavy (non-hydrogen) atoms. The fraction of sp³-hybridized carbons (Fsp3) is 0.455. The van der Waals surface area contributed by atoms with Crippen molar-refractivity contribution in [1.29, 1.82) is 0 Å². The van der Waals surface area contributed by atoms with Crippen LogP contribution in [0, 0.1) is 5.82 Å². The molecule has 1 aromatic carbocycles. The van der Waals surface area contributed by atoms with Gasteiger partial charge in [0, 0.05) is 11.6 Å². The second kappa shape index (κ2) is 3.58. The minimum absolute atomic E-state index is 0.263. The fourth-order valence-electron chi connectivity index (χ4n) is 1.85. The molecule has 2 rings (SSSR count). The third kappa shape index (κ3) is 1.48. The molecule has 0 unspecified atom stereocenters. The molecule has 2 nitrogen and oxygen atoms in total. The molecule has 0 radical (unpaired) electrons. The minimum Gasteiger partial charge on any atom is -0.493 e. The average Bonchev–Trinajstić information content (AvgIpc) is 2.17. The Hall–Kier alpha value is -1.09. The molecule has 1 heterocycles. The molecular formula is C11H14FNO. The summed E-state index contributed by atoms with van der Waals surface area (Å²) in [5.74, 6) is 0.409. The number of rotatable bonds is 1. The van der Waals surface area contributed by atoms with E-state index < -0.39 is 0 Å². The molecule has 0 aromatic heterocycles. The van der Waals surface area contributed by atoms with E-state index in [4.69, 9.17) is 10.5 Å². The van der Waals surface area contributed by atoms with Gasteiger partial charge in [-0.2, -0.15) is 0 Å². The monoisotopic (exact) mass is 195 g/mol. The first-order chi connectivity index (χ1) is 6.70. The number of halogens is 1. The quantitative estimate of drug-likeness (QED) is 0.745. The lowest BCUT2D eigenvalue weighted by Crippen LogP contribution is -2.16. The molecule has 0 aliphatic carbocycles. The van der Waals surface area contributed by atoms with Gasteiger partial charge in [0.25, 0.3) is 0 Å². The molecule has 76 valence electrons. The van der Waals surface area contributed by atoms with Gasteiger partial charge in [0.2, 0.25) is 0 Å². The Kier molecular flexibility index (Phi) is 2.42. The molecule has 0 bridgehead atoms. The van der Waals surface area contributed by atoms with Gasteiger partial charge in [0.05, 0.1) is 6.61 Å². The zero-order chi connectivity index (χ0) is 10.1. The van der Waals surface area contributed by atoms with Crippen molar-refractivity contribution in [3.63, 3.8) is 0 Å². The van der Waals surface area contributed by atoms with Crippen LogP contribution in [0.4, 0.5) is 4.39 Å². The SMILES string of the molecule is C[C@H](N)c1c(F)ccc2c1OCCC2. The van der Waals surface area contributed by atoms with E-state index in [1.807, 2.05) is 0 Å². The van der Waals surface area contributed by atoms with Crippen LogP contribution in [-0.2, 0) is 6.42 Å². The topological polar surface area (TPSA) is 35.2 Å². The third-order valence-electron chi connectivity index (χ3n) is 2.52. The lowest BCUT2D eigenvalue weighted by Gasteiger charge is -2.22. The average molecular weight is 195 g/mol. The smallest absolute Gasteiger partial charge is 0.131 e. The van der Waals surface area contributed by atoms with E-state index >= 15 is 0 Å². The van der Waals surface area contributed by atoms with Crippen LogP contribution in [0.1, 0.15) is 30.5 Å². The number of fused-ring (bicyclic) bond motifs is 1. The lowest BCUT2D eigenvalue weighted by atomic mass is 9.98. The van der Waals surface area contributed by atoms with E-state index in [-0.39, 0.29) is 11.9 Å². The molecule has 2 N–H and O–H groups in total. The summed E-state index contributed by atoms with van der Waals surface area (Å²) in [6, 6.07) is 2.95. The third-order valence-corrected chi connectivity index (χ3v) is 2.52. The number of hydrogen-bond donors (Lipinski definition) is 1. The van der Waals surface area contributed by atoms with Gasteiger partial charge in [-0.1, -0.05) is 6.07 Å². The predicted molar refractivity (Wildman–Crippen MR) is 52.8 cm³/mol. The molecule has 0 saturated heterocycles. The Bertz CT molecular complexity index is 349. The molecule has 0 amide bonds. The van der Waals surface area contributed by atoms with E-state index in [2.05, 4.69) is 0 Å². The van der Waals surface area contributed by atoms with Crippen LogP contribution in [0.2, 0.25) is 0 Å². The largest absolute Gasteiger partial charge is 0.493 e. The second-order valence-electron chi connectivity index (χ2n) is 3.69. The van der Waals surface area contributed by atoms with Crippen molar-refractivity contribution in [1.82, 2.24) is 0 Å². The van der Waals surface area contributed by atoms with Crippen molar-refractivity contribution in [2.45, 2.75) is 25.8 Å².